The van der Waals surface area contributed by atoms with E-state index < -0.39 is 6.10 Å². The number of carbonyl (C=O) groups is 2. The van der Waals surface area contributed by atoms with E-state index in [1.807, 2.05) is 0 Å². The summed E-state index contributed by atoms with van der Waals surface area (Å²) in [4.78, 5) is 24.6. The number of aliphatic hydroxyl groups excluding tert-OH is 1. The Labute approximate surface area is 442 Å². The fraction of sp³-hybridized carbons (Fsp3) is 0.788. The minimum absolute atomic E-state index is 0.0720. The highest BCUT2D eigenvalue weighted by Gasteiger charge is 2.16. The van der Waals surface area contributed by atoms with Crippen LogP contribution in [0.1, 0.15) is 316 Å². The van der Waals surface area contributed by atoms with Crippen LogP contribution in [0.3, 0.4) is 0 Å². The molecule has 0 aromatic carbocycles. The van der Waals surface area contributed by atoms with E-state index in [4.69, 9.17) is 9.47 Å². The van der Waals surface area contributed by atoms with Crippen molar-refractivity contribution in [1.82, 2.24) is 0 Å². The van der Waals surface area contributed by atoms with Gasteiger partial charge in [-0.2, -0.15) is 0 Å². The number of carbonyl (C=O) groups excluding carboxylic acids is 2. The Hall–Kier alpha value is -2.66. The summed E-state index contributed by atoms with van der Waals surface area (Å²) in [5.74, 6) is -0.597. The number of rotatable bonds is 57. The molecule has 0 radical (unpaired) electrons. The Kier molecular flexibility index (Phi) is 59.3. The van der Waals surface area contributed by atoms with Crippen LogP contribution in [-0.2, 0) is 19.1 Å². The van der Waals surface area contributed by atoms with Gasteiger partial charge in [0.15, 0.2) is 6.10 Å². The van der Waals surface area contributed by atoms with Crippen molar-refractivity contribution in [2.45, 2.75) is 322 Å². The Morgan fingerprint density at radius 2 is 0.606 bits per heavy atom. The molecule has 0 rings (SSSR count). The number of allylic oxidation sites excluding steroid dienone is 12. The molecule has 0 aromatic rings. The van der Waals surface area contributed by atoms with Crippen LogP contribution >= 0.6 is 0 Å². The summed E-state index contributed by atoms with van der Waals surface area (Å²) in [6.45, 7) is 4.05. The summed E-state index contributed by atoms with van der Waals surface area (Å²) < 4.78 is 10.7. The predicted octanol–water partition coefficient (Wildman–Crippen LogP) is 21.1. The number of hydrogen-bond acceptors (Lipinski definition) is 5. The molecule has 0 amide bonds. The molecule has 0 aromatic heterocycles. The predicted molar refractivity (Wildman–Crippen MR) is 311 cm³/mol. The van der Waals surface area contributed by atoms with Gasteiger partial charge in [0, 0.05) is 12.8 Å². The maximum atomic E-state index is 12.3. The number of hydrogen-bond donors (Lipinski definition) is 1. The van der Waals surface area contributed by atoms with Crippen LogP contribution in [0.5, 0.6) is 0 Å². The maximum Gasteiger partial charge on any atom is 0.306 e. The molecule has 0 bridgehead atoms. The van der Waals surface area contributed by atoms with E-state index in [-0.39, 0.29) is 25.2 Å². The van der Waals surface area contributed by atoms with Crippen LogP contribution in [0.4, 0.5) is 0 Å². The Balaban J connectivity index is 3.46. The number of unbranched alkanes of at least 4 members (excludes halogenated alkanes) is 37. The first-order chi connectivity index (χ1) is 35.1. The standard InChI is InChI=1S/C66H118O5/c1-3-5-7-9-11-13-15-17-19-21-23-25-27-29-30-31-32-33-34-35-37-38-40-42-44-46-48-50-52-54-56-58-60-65(68)70-63-64(62-67)71-66(69)61-59-57-55-53-51-49-47-45-43-41-39-36-28-26-24-22-20-18-16-14-12-10-8-6-4-2/h6,8,12,14,18,20,24,26,36,39,43,45,64,67H,3-5,7,9-11,13,15-17,19,21-23,25,27-35,37-38,40-42,44,46-63H2,1-2H3/b8-6-,14-12-,20-18-,26-24-,39-36-,45-43-. The lowest BCUT2D eigenvalue weighted by Crippen LogP contribution is -2.28. The molecule has 71 heavy (non-hydrogen) atoms. The van der Waals surface area contributed by atoms with Crippen LogP contribution in [0.2, 0.25) is 0 Å². The molecule has 412 valence electrons. The third kappa shape index (κ3) is 59.8. The van der Waals surface area contributed by atoms with Crippen molar-refractivity contribution in [1.29, 1.82) is 0 Å². The minimum atomic E-state index is -0.784. The minimum Gasteiger partial charge on any atom is -0.462 e. The van der Waals surface area contributed by atoms with Crippen molar-refractivity contribution in [2.75, 3.05) is 13.2 Å². The van der Waals surface area contributed by atoms with Crippen molar-refractivity contribution in [3.63, 3.8) is 0 Å². The van der Waals surface area contributed by atoms with Crippen LogP contribution in [-0.4, -0.2) is 36.4 Å². The normalized spacial score (nSPS) is 12.7. The summed E-state index contributed by atoms with van der Waals surface area (Å²) in [5, 5.41) is 9.67. The lowest BCUT2D eigenvalue weighted by atomic mass is 10.0. The monoisotopic (exact) mass is 991 g/mol. The van der Waals surface area contributed by atoms with E-state index in [1.54, 1.807) is 0 Å². The Bertz CT molecular complexity index is 1260. The molecule has 1 N–H and O–H groups in total. The Morgan fingerprint density at radius 1 is 0.338 bits per heavy atom. The molecule has 0 spiro atoms. The highest BCUT2D eigenvalue weighted by molar-refractivity contribution is 5.70. The summed E-state index contributed by atoms with van der Waals surface area (Å²) in [6.07, 6.45) is 84.8. The molecule has 0 aliphatic carbocycles. The molecule has 5 heteroatoms. The van der Waals surface area contributed by atoms with E-state index in [9.17, 15) is 14.7 Å². The van der Waals surface area contributed by atoms with Gasteiger partial charge in [-0.15, -0.1) is 0 Å². The number of aliphatic hydroxyl groups is 1. The molecule has 5 nitrogen and oxygen atoms in total. The first-order valence-electron chi connectivity index (χ1n) is 31.0. The van der Waals surface area contributed by atoms with Gasteiger partial charge in [0.2, 0.25) is 0 Å². The molecule has 0 saturated heterocycles. The van der Waals surface area contributed by atoms with E-state index in [2.05, 4.69) is 86.8 Å². The highest BCUT2D eigenvalue weighted by Crippen LogP contribution is 2.18. The van der Waals surface area contributed by atoms with Gasteiger partial charge in [-0.3, -0.25) is 9.59 Å². The van der Waals surface area contributed by atoms with Gasteiger partial charge in [0.05, 0.1) is 6.61 Å². The smallest absolute Gasteiger partial charge is 0.306 e. The second kappa shape index (κ2) is 61.6. The summed E-state index contributed by atoms with van der Waals surface area (Å²) in [5.41, 5.74) is 0. The fourth-order valence-electron chi connectivity index (χ4n) is 9.15. The van der Waals surface area contributed by atoms with E-state index in [0.29, 0.717) is 12.8 Å². The fourth-order valence-corrected chi connectivity index (χ4v) is 9.15. The van der Waals surface area contributed by atoms with Gasteiger partial charge >= 0.3 is 11.9 Å². The van der Waals surface area contributed by atoms with Crippen molar-refractivity contribution >= 4 is 11.9 Å². The second-order valence-electron chi connectivity index (χ2n) is 20.8. The zero-order chi connectivity index (χ0) is 51.3. The van der Waals surface area contributed by atoms with Gasteiger partial charge in [-0.1, -0.05) is 311 Å². The lowest BCUT2D eigenvalue weighted by molar-refractivity contribution is -0.161. The SMILES string of the molecule is CC/C=C\C/C=C\C/C=C\C/C=C\C/C=C\C/C=C\CCCCCCCCC(=O)OC(CO)COC(=O)CCCCCCCCCCCCCCCCCCCCCCCCCCCCCCCCCC. The highest BCUT2D eigenvalue weighted by atomic mass is 16.6. The molecule has 0 fully saturated rings. The first kappa shape index (κ1) is 68.3. The molecule has 0 aliphatic rings. The summed E-state index contributed by atoms with van der Waals surface area (Å²) in [7, 11) is 0. The van der Waals surface area contributed by atoms with Gasteiger partial charge in [-0.25, -0.2) is 0 Å². The van der Waals surface area contributed by atoms with E-state index >= 15 is 0 Å². The van der Waals surface area contributed by atoms with Gasteiger partial charge in [-0.05, 0) is 64.2 Å². The molecule has 1 unspecified atom stereocenters. The third-order valence-electron chi connectivity index (χ3n) is 13.8. The molecular weight excluding hydrogens is 873 g/mol. The second-order valence-corrected chi connectivity index (χ2v) is 20.8. The van der Waals surface area contributed by atoms with Gasteiger partial charge in [0.25, 0.3) is 0 Å². The zero-order valence-corrected chi connectivity index (χ0v) is 47.2. The molecule has 0 saturated carbocycles. The summed E-state index contributed by atoms with van der Waals surface area (Å²) in [6, 6.07) is 0. The molecule has 0 heterocycles. The molecule has 0 aliphatic heterocycles. The maximum absolute atomic E-state index is 12.3. The van der Waals surface area contributed by atoms with Crippen LogP contribution in [0.25, 0.3) is 0 Å². The van der Waals surface area contributed by atoms with Crippen LogP contribution < -0.4 is 0 Å². The van der Waals surface area contributed by atoms with Crippen molar-refractivity contribution in [3.05, 3.63) is 72.9 Å². The van der Waals surface area contributed by atoms with Gasteiger partial charge < -0.3 is 14.6 Å². The van der Waals surface area contributed by atoms with Crippen molar-refractivity contribution in [3.8, 4) is 0 Å². The van der Waals surface area contributed by atoms with E-state index in [0.717, 1.165) is 83.5 Å². The zero-order valence-electron chi connectivity index (χ0n) is 47.2. The van der Waals surface area contributed by atoms with Crippen molar-refractivity contribution in [2.24, 2.45) is 0 Å². The third-order valence-corrected chi connectivity index (χ3v) is 13.8. The topological polar surface area (TPSA) is 72.8 Å². The van der Waals surface area contributed by atoms with Crippen molar-refractivity contribution < 1.29 is 24.2 Å². The van der Waals surface area contributed by atoms with Gasteiger partial charge in [0.1, 0.15) is 6.61 Å². The summed E-state index contributed by atoms with van der Waals surface area (Å²) >= 11 is 0. The number of ether oxygens (including phenoxy) is 2. The van der Waals surface area contributed by atoms with Crippen LogP contribution in [0.15, 0.2) is 72.9 Å². The largest absolute Gasteiger partial charge is 0.462 e. The van der Waals surface area contributed by atoms with Crippen LogP contribution in [0, 0.1) is 0 Å². The Morgan fingerprint density at radius 3 is 0.915 bits per heavy atom. The average molecular weight is 992 g/mol. The molecular formula is C66H118O5. The first-order valence-corrected chi connectivity index (χ1v) is 31.0. The average Bonchev–Trinajstić information content (AvgIpc) is 3.37. The number of esters is 2. The van der Waals surface area contributed by atoms with E-state index in [1.165, 1.54) is 205 Å². The lowest BCUT2D eigenvalue weighted by Gasteiger charge is -2.15. The quantitative estimate of drug-likeness (QED) is 0.0373. The molecule has 1 atom stereocenters.